The monoisotopic (exact) mass is 424 g/mol. The minimum atomic E-state index is -3.83. The van der Waals surface area contributed by atoms with Gasteiger partial charge in [0.05, 0.1) is 20.6 Å². The van der Waals surface area contributed by atoms with Crippen LogP contribution in [0.15, 0.2) is 57.9 Å². The van der Waals surface area contributed by atoms with E-state index in [1.54, 1.807) is 13.8 Å². The molecule has 0 amide bonds. The zero-order valence-corrected chi connectivity index (χ0v) is 17.1. The Labute approximate surface area is 168 Å². The van der Waals surface area contributed by atoms with Crippen LogP contribution < -0.4 is 0 Å². The first kappa shape index (κ1) is 19.9. The predicted molar refractivity (Wildman–Crippen MR) is 105 cm³/mol. The standard InChI is InChI=1S/C19H18Cl2N2O3S/c1-13-17(14(2)26-22-13)12-23(11-15-6-4-3-5-7-15)27(24,25)16-8-9-18(20)19(21)10-16/h3-10H,11-12H2,1-2H3. The van der Waals surface area contributed by atoms with Crippen LogP contribution in [0.2, 0.25) is 10.0 Å². The number of sulfonamides is 1. The number of hydrogen-bond acceptors (Lipinski definition) is 4. The molecule has 142 valence electrons. The van der Waals surface area contributed by atoms with E-state index >= 15 is 0 Å². The van der Waals surface area contributed by atoms with Gasteiger partial charge < -0.3 is 4.52 Å². The summed E-state index contributed by atoms with van der Waals surface area (Å²) in [5.74, 6) is 0.593. The number of hydrogen-bond donors (Lipinski definition) is 0. The second-order valence-electron chi connectivity index (χ2n) is 6.14. The molecule has 0 aliphatic heterocycles. The van der Waals surface area contributed by atoms with Gasteiger partial charge in [-0.2, -0.15) is 4.31 Å². The van der Waals surface area contributed by atoms with Gasteiger partial charge in [0.25, 0.3) is 0 Å². The maximum Gasteiger partial charge on any atom is 0.243 e. The lowest BCUT2D eigenvalue weighted by molar-refractivity contribution is 0.381. The van der Waals surface area contributed by atoms with Gasteiger partial charge in [0, 0.05) is 18.7 Å². The minimum absolute atomic E-state index is 0.0830. The summed E-state index contributed by atoms with van der Waals surface area (Å²) in [6.07, 6.45) is 0. The summed E-state index contributed by atoms with van der Waals surface area (Å²) in [6.45, 7) is 3.90. The number of rotatable bonds is 6. The fourth-order valence-corrected chi connectivity index (χ4v) is 4.49. The van der Waals surface area contributed by atoms with Crippen LogP contribution >= 0.6 is 23.2 Å². The fraction of sp³-hybridized carbons (Fsp3) is 0.211. The van der Waals surface area contributed by atoms with Gasteiger partial charge in [0.2, 0.25) is 10.0 Å². The van der Waals surface area contributed by atoms with Crippen LogP contribution in [0.1, 0.15) is 22.6 Å². The highest BCUT2D eigenvalue weighted by molar-refractivity contribution is 7.89. The molecule has 1 aromatic heterocycles. The number of nitrogens with zero attached hydrogens (tertiary/aromatic N) is 2. The van der Waals surface area contributed by atoms with E-state index in [2.05, 4.69) is 5.16 Å². The van der Waals surface area contributed by atoms with Gasteiger partial charge >= 0.3 is 0 Å². The lowest BCUT2D eigenvalue weighted by Crippen LogP contribution is -2.30. The molecule has 5 nitrogen and oxygen atoms in total. The molecular weight excluding hydrogens is 407 g/mol. The van der Waals surface area contributed by atoms with Crippen molar-refractivity contribution in [1.82, 2.24) is 9.46 Å². The van der Waals surface area contributed by atoms with Gasteiger partial charge in [0.1, 0.15) is 5.76 Å². The summed E-state index contributed by atoms with van der Waals surface area (Å²) >= 11 is 12.0. The van der Waals surface area contributed by atoms with Crippen molar-refractivity contribution in [3.05, 3.63) is 81.2 Å². The molecule has 0 saturated heterocycles. The van der Waals surface area contributed by atoms with E-state index in [0.717, 1.165) is 11.1 Å². The molecule has 27 heavy (non-hydrogen) atoms. The summed E-state index contributed by atoms with van der Waals surface area (Å²) in [7, 11) is -3.83. The molecule has 0 spiro atoms. The third kappa shape index (κ3) is 4.35. The molecule has 8 heteroatoms. The van der Waals surface area contributed by atoms with Gasteiger partial charge in [-0.3, -0.25) is 0 Å². The third-order valence-electron chi connectivity index (χ3n) is 4.25. The number of halogens is 2. The molecule has 3 rings (SSSR count). The number of aryl methyl sites for hydroxylation is 2. The van der Waals surface area contributed by atoms with Crippen LogP contribution in [-0.4, -0.2) is 17.9 Å². The van der Waals surface area contributed by atoms with Crippen LogP contribution in [0.5, 0.6) is 0 Å². The van der Waals surface area contributed by atoms with Gasteiger partial charge in [0.15, 0.2) is 0 Å². The van der Waals surface area contributed by atoms with E-state index in [1.807, 2.05) is 30.3 Å². The molecule has 3 aromatic rings. The first-order valence-corrected chi connectivity index (χ1v) is 10.4. The van der Waals surface area contributed by atoms with Gasteiger partial charge in [-0.1, -0.05) is 58.7 Å². The number of aromatic nitrogens is 1. The molecule has 0 fully saturated rings. The maximum absolute atomic E-state index is 13.3. The van der Waals surface area contributed by atoms with E-state index < -0.39 is 10.0 Å². The maximum atomic E-state index is 13.3. The molecule has 0 aliphatic carbocycles. The van der Waals surface area contributed by atoms with Gasteiger partial charge in [-0.15, -0.1) is 0 Å². The third-order valence-corrected chi connectivity index (χ3v) is 6.77. The zero-order valence-electron chi connectivity index (χ0n) is 14.8. The van der Waals surface area contributed by atoms with Crippen LogP contribution in [0.4, 0.5) is 0 Å². The molecule has 0 unspecified atom stereocenters. The summed E-state index contributed by atoms with van der Waals surface area (Å²) in [4.78, 5) is 0.0830. The van der Waals surface area contributed by atoms with Gasteiger partial charge in [-0.25, -0.2) is 8.42 Å². The molecular formula is C19H18Cl2N2O3S. The minimum Gasteiger partial charge on any atom is -0.361 e. The lowest BCUT2D eigenvalue weighted by atomic mass is 10.2. The Kier molecular flexibility index (Phi) is 5.91. The predicted octanol–water partition coefficient (Wildman–Crippen LogP) is 4.99. The largest absolute Gasteiger partial charge is 0.361 e. The Morgan fingerprint density at radius 1 is 1.00 bits per heavy atom. The second-order valence-corrected chi connectivity index (χ2v) is 8.89. The van der Waals surface area contributed by atoms with Crippen molar-refractivity contribution >= 4 is 33.2 Å². The first-order valence-electron chi connectivity index (χ1n) is 8.20. The number of benzene rings is 2. The zero-order chi connectivity index (χ0) is 19.6. The summed E-state index contributed by atoms with van der Waals surface area (Å²) in [5, 5.41) is 4.41. The quantitative estimate of drug-likeness (QED) is 0.558. The molecule has 0 aliphatic rings. The van der Waals surface area contributed by atoms with Crippen molar-refractivity contribution in [3.63, 3.8) is 0 Å². The van der Waals surface area contributed by atoms with Crippen LogP contribution in [0.25, 0.3) is 0 Å². The summed E-state index contributed by atoms with van der Waals surface area (Å²) < 4.78 is 33.2. The van der Waals surface area contributed by atoms with Crippen LogP contribution in [0.3, 0.4) is 0 Å². The molecule has 0 radical (unpaired) electrons. The molecule has 1 heterocycles. The lowest BCUT2D eigenvalue weighted by Gasteiger charge is -2.22. The van der Waals surface area contributed by atoms with E-state index in [9.17, 15) is 8.42 Å². The summed E-state index contributed by atoms with van der Waals surface area (Å²) in [5.41, 5.74) is 2.28. The highest BCUT2D eigenvalue weighted by Crippen LogP contribution is 2.29. The SMILES string of the molecule is Cc1noc(C)c1CN(Cc1ccccc1)S(=O)(=O)c1ccc(Cl)c(Cl)c1. The Morgan fingerprint density at radius 2 is 1.70 bits per heavy atom. The Balaban J connectivity index is 2.03. The van der Waals surface area contributed by atoms with Crippen molar-refractivity contribution in [3.8, 4) is 0 Å². The highest BCUT2D eigenvalue weighted by Gasteiger charge is 2.27. The molecule has 0 bridgehead atoms. The Bertz CT molecular complexity index is 1030. The molecule has 0 N–H and O–H groups in total. The average Bonchev–Trinajstić information content (AvgIpc) is 2.96. The molecule has 0 atom stereocenters. The topological polar surface area (TPSA) is 63.4 Å². The van der Waals surface area contributed by atoms with Gasteiger partial charge in [-0.05, 0) is 37.6 Å². The van der Waals surface area contributed by atoms with Crippen LogP contribution in [-0.2, 0) is 23.1 Å². The van der Waals surface area contributed by atoms with Crippen molar-refractivity contribution in [1.29, 1.82) is 0 Å². The Morgan fingerprint density at radius 3 is 2.30 bits per heavy atom. The van der Waals surface area contributed by atoms with E-state index in [4.69, 9.17) is 27.7 Å². The van der Waals surface area contributed by atoms with Crippen molar-refractivity contribution in [2.24, 2.45) is 0 Å². The molecule has 2 aromatic carbocycles. The van der Waals surface area contributed by atoms with Crippen molar-refractivity contribution < 1.29 is 12.9 Å². The molecule has 0 saturated carbocycles. The fourth-order valence-electron chi connectivity index (χ4n) is 2.70. The first-order chi connectivity index (χ1) is 12.8. The van der Waals surface area contributed by atoms with E-state index in [0.29, 0.717) is 16.5 Å². The van der Waals surface area contributed by atoms with E-state index in [1.165, 1.54) is 22.5 Å². The van der Waals surface area contributed by atoms with Crippen LogP contribution in [0, 0.1) is 13.8 Å². The summed E-state index contributed by atoms with van der Waals surface area (Å²) in [6, 6.07) is 13.7. The van der Waals surface area contributed by atoms with Crippen molar-refractivity contribution in [2.75, 3.05) is 0 Å². The van der Waals surface area contributed by atoms with Crippen molar-refractivity contribution in [2.45, 2.75) is 31.8 Å². The average molecular weight is 425 g/mol. The smallest absolute Gasteiger partial charge is 0.243 e. The van der Waals surface area contributed by atoms with E-state index in [-0.39, 0.29) is 23.0 Å². The Hall–Kier alpha value is -1.86. The normalized spacial score (nSPS) is 11.9. The highest BCUT2D eigenvalue weighted by atomic mass is 35.5. The second kappa shape index (κ2) is 8.02.